The molecule has 0 saturated heterocycles. The highest BCUT2D eigenvalue weighted by Gasteiger charge is 2.31. The quantitative estimate of drug-likeness (QED) is 0.325. The third kappa shape index (κ3) is 8.85. The zero-order valence-electron chi connectivity index (χ0n) is 23.2. The van der Waals surface area contributed by atoms with Crippen molar-refractivity contribution in [2.75, 3.05) is 17.1 Å². The summed E-state index contributed by atoms with van der Waals surface area (Å²) in [5, 5.41) is 4.03. The molecule has 0 spiro atoms. The Morgan fingerprint density at radius 2 is 1.69 bits per heavy atom. The molecule has 1 aliphatic rings. The number of carbonyl (C=O) groups is 2. The summed E-state index contributed by atoms with van der Waals surface area (Å²) in [6.45, 7) is 6.02. The number of rotatable bonds is 12. The number of sulfonamides is 1. The number of hydrogen-bond donors (Lipinski definition) is 1. The van der Waals surface area contributed by atoms with Gasteiger partial charge in [-0.05, 0) is 80.5 Å². The normalized spacial score (nSPS) is 14.7. The Balaban J connectivity index is 1.80. The molecule has 10 heteroatoms. The van der Waals surface area contributed by atoms with Crippen LogP contribution in [0.2, 0.25) is 10.0 Å². The van der Waals surface area contributed by atoms with Crippen molar-refractivity contribution in [1.29, 1.82) is 0 Å². The molecule has 0 bridgehead atoms. The van der Waals surface area contributed by atoms with Crippen LogP contribution in [0.3, 0.4) is 0 Å². The first kappa shape index (κ1) is 31.2. The van der Waals surface area contributed by atoms with Crippen LogP contribution >= 0.6 is 23.2 Å². The van der Waals surface area contributed by atoms with Gasteiger partial charge in [-0.3, -0.25) is 13.9 Å². The summed E-state index contributed by atoms with van der Waals surface area (Å²) in [6, 6.07) is 10.2. The zero-order valence-corrected chi connectivity index (χ0v) is 25.5. The first-order valence-corrected chi connectivity index (χ1v) is 16.1. The largest absolute Gasteiger partial charge is 0.352 e. The Morgan fingerprint density at radius 1 is 1.05 bits per heavy atom. The van der Waals surface area contributed by atoms with Crippen LogP contribution in [0.25, 0.3) is 0 Å². The lowest BCUT2D eigenvalue weighted by atomic mass is 10.1. The first-order valence-electron chi connectivity index (χ1n) is 13.5. The maximum Gasteiger partial charge on any atom is 0.243 e. The third-order valence-electron chi connectivity index (χ3n) is 7.09. The molecule has 1 saturated carbocycles. The molecule has 214 valence electrons. The lowest BCUT2D eigenvalue weighted by molar-refractivity contribution is -0.141. The lowest BCUT2D eigenvalue weighted by Gasteiger charge is -2.32. The molecule has 0 heterocycles. The Labute approximate surface area is 242 Å². The Morgan fingerprint density at radius 3 is 2.26 bits per heavy atom. The monoisotopic (exact) mass is 595 g/mol. The molecule has 2 aromatic carbocycles. The van der Waals surface area contributed by atoms with Crippen molar-refractivity contribution in [3.63, 3.8) is 0 Å². The van der Waals surface area contributed by atoms with Gasteiger partial charge in [0.2, 0.25) is 21.8 Å². The van der Waals surface area contributed by atoms with E-state index in [0.717, 1.165) is 36.8 Å². The second-order valence-electron chi connectivity index (χ2n) is 10.5. The molecule has 1 aliphatic carbocycles. The minimum atomic E-state index is -3.56. The van der Waals surface area contributed by atoms with Crippen molar-refractivity contribution in [2.24, 2.45) is 0 Å². The molecule has 1 fully saturated rings. The molecule has 1 atom stereocenters. The highest BCUT2D eigenvalue weighted by atomic mass is 35.5. The molecule has 2 amide bonds. The van der Waals surface area contributed by atoms with Gasteiger partial charge in [0.05, 0.1) is 11.9 Å². The van der Waals surface area contributed by atoms with Crippen molar-refractivity contribution in [3.8, 4) is 0 Å². The molecule has 39 heavy (non-hydrogen) atoms. The fourth-order valence-electron chi connectivity index (χ4n) is 5.22. The number of amides is 2. The second-order valence-corrected chi connectivity index (χ2v) is 13.2. The van der Waals surface area contributed by atoms with Crippen LogP contribution in [0.5, 0.6) is 0 Å². The Bertz CT molecular complexity index is 1260. The van der Waals surface area contributed by atoms with Crippen LogP contribution in [0.4, 0.5) is 5.69 Å². The number of hydrogen-bond acceptors (Lipinski definition) is 4. The van der Waals surface area contributed by atoms with E-state index in [4.69, 9.17) is 23.2 Å². The smallest absolute Gasteiger partial charge is 0.243 e. The summed E-state index contributed by atoms with van der Waals surface area (Å²) >= 11 is 12.5. The fourth-order valence-corrected chi connectivity index (χ4v) is 6.64. The van der Waals surface area contributed by atoms with Crippen LogP contribution in [-0.4, -0.2) is 50.0 Å². The predicted molar refractivity (Wildman–Crippen MR) is 159 cm³/mol. The van der Waals surface area contributed by atoms with Crippen molar-refractivity contribution < 1.29 is 18.0 Å². The predicted octanol–water partition coefficient (Wildman–Crippen LogP) is 6.02. The van der Waals surface area contributed by atoms with E-state index in [9.17, 15) is 18.0 Å². The van der Waals surface area contributed by atoms with Gasteiger partial charge in [0.1, 0.15) is 6.04 Å². The van der Waals surface area contributed by atoms with Crippen molar-refractivity contribution in [1.82, 2.24) is 10.2 Å². The van der Waals surface area contributed by atoms with Gasteiger partial charge >= 0.3 is 0 Å². The summed E-state index contributed by atoms with van der Waals surface area (Å²) < 4.78 is 26.6. The van der Waals surface area contributed by atoms with E-state index in [1.807, 2.05) is 39.0 Å². The van der Waals surface area contributed by atoms with E-state index in [1.54, 1.807) is 23.1 Å². The molecule has 0 aromatic heterocycles. The number of aryl methyl sites for hydroxylation is 2. The van der Waals surface area contributed by atoms with E-state index in [1.165, 1.54) is 10.6 Å². The van der Waals surface area contributed by atoms with E-state index in [2.05, 4.69) is 5.32 Å². The lowest BCUT2D eigenvalue weighted by Crippen LogP contribution is -2.51. The van der Waals surface area contributed by atoms with Crippen LogP contribution < -0.4 is 9.62 Å². The van der Waals surface area contributed by atoms with Gasteiger partial charge in [-0.2, -0.15) is 0 Å². The first-order chi connectivity index (χ1) is 18.4. The van der Waals surface area contributed by atoms with Crippen LogP contribution in [-0.2, 0) is 26.2 Å². The minimum absolute atomic E-state index is 0.0786. The molecule has 3 rings (SSSR count). The van der Waals surface area contributed by atoms with Gasteiger partial charge in [-0.25, -0.2) is 8.42 Å². The molecule has 1 N–H and O–H groups in total. The van der Waals surface area contributed by atoms with Crippen molar-refractivity contribution >= 4 is 50.7 Å². The van der Waals surface area contributed by atoms with E-state index in [-0.39, 0.29) is 37.4 Å². The highest BCUT2D eigenvalue weighted by Crippen LogP contribution is 2.26. The topological polar surface area (TPSA) is 86.8 Å². The second kappa shape index (κ2) is 13.9. The number of anilines is 1. The molecule has 1 unspecified atom stereocenters. The summed E-state index contributed by atoms with van der Waals surface area (Å²) in [7, 11) is -3.56. The number of carbonyl (C=O) groups excluding carboxylic acids is 2. The van der Waals surface area contributed by atoms with Gasteiger partial charge in [0.25, 0.3) is 0 Å². The van der Waals surface area contributed by atoms with E-state index in [0.29, 0.717) is 34.1 Å². The third-order valence-corrected chi connectivity index (χ3v) is 8.87. The summed E-state index contributed by atoms with van der Waals surface area (Å²) in [5.74, 6) is -0.404. The van der Waals surface area contributed by atoms with E-state index < -0.39 is 16.1 Å². The number of nitrogens with one attached hydrogen (secondary N) is 1. The summed E-state index contributed by atoms with van der Waals surface area (Å²) in [4.78, 5) is 28.5. The van der Waals surface area contributed by atoms with E-state index >= 15 is 0 Å². The van der Waals surface area contributed by atoms with Gasteiger partial charge in [-0.15, -0.1) is 0 Å². The standard InChI is InChI=1S/C29H39Cl2N3O4S/c1-5-27(29(36)32-24-9-6-7-10-24)33(19-22-12-13-23(30)18-26(22)31)28(35)11-8-14-34(39(4,37)38)25-16-20(2)15-21(3)17-25/h12-13,15-18,24,27H,5-11,14,19H2,1-4H3,(H,32,36). The molecule has 7 nitrogen and oxygen atoms in total. The number of halogens is 2. The fraction of sp³-hybridized carbons (Fsp3) is 0.517. The number of nitrogens with zero attached hydrogens (tertiary/aromatic N) is 2. The minimum Gasteiger partial charge on any atom is -0.352 e. The summed E-state index contributed by atoms with van der Waals surface area (Å²) in [6.07, 6.45) is 6.04. The van der Waals surface area contributed by atoms with Crippen LogP contribution in [0.15, 0.2) is 36.4 Å². The average molecular weight is 597 g/mol. The molecular formula is C29H39Cl2N3O4S. The summed E-state index contributed by atoms with van der Waals surface area (Å²) in [5.41, 5.74) is 3.18. The maximum absolute atomic E-state index is 13.7. The van der Waals surface area contributed by atoms with Crippen LogP contribution in [0.1, 0.15) is 68.6 Å². The zero-order chi connectivity index (χ0) is 28.7. The van der Waals surface area contributed by atoms with Gasteiger partial charge < -0.3 is 10.2 Å². The van der Waals surface area contributed by atoms with Gasteiger partial charge in [0, 0.05) is 35.6 Å². The molecule has 2 aromatic rings. The van der Waals surface area contributed by atoms with Crippen molar-refractivity contribution in [3.05, 3.63) is 63.1 Å². The number of benzene rings is 2. The van der Waals surface area contributed by atoms with Gasteiger partial charge in [0.15, 0.2) is 0 Å². The Kier molecular flexibility index (Phi) is 11.1. The molecule has 0 aliphatic heterocycles. The highest BCUT2D eigenvalue weighted by molar-refractivity contribution is 7.92. The molecule has 0 radical (unpaired) electrons. The van der Waals surface area contributed by atoms with Gasteiger partial charge in [-0.1, -0.05) is 55.1 Å². The Hall–Kier alpha value is -2.29. The van der Waals surface area contributed by atoms with Crippen molar-refractivity contribution in [2.45, 2.75) is 84.3 Å². The average Bonchev–Trinajstić information content (AvgIpc) is 3.34. The maximum atomic E-state index is 13.7. The van der Waals surface area contributed by atoms with Crippen LogP contribution in [0, 0.1) is 13.8 Å². The SMILES string of the molecule is CCC(C(=O)NC1CCCC1)N(Cc1ccc(Cl)cc1Cl)C(=O)CCCN(c1cc(C)cc(C)c1)S(C)(=O)=O. The molecular weight excluding hydrogens is 557 g/mol.